The molecule has 0 aliphatic heterocycles. The molecular weight excluding hydrogens is 469 g/mol. The Hall–Kier alpha value is -3.72. The maximum absolute atomic E-state index is 13.4. The molecule has 0 aromatic heterocycles. The Bertz CT molecular complexity index is 1320. The first-order valence-corrected chi connectivity index (χ1v) is 12.4. The minimum Gasteiger partial charge on any atom is -0.347 e. The zero-order valence-corrected chi connectivity index (χ0v) is 20.8. The number of carbonyl (C=O) groups is 2. The minimum atomic E-state index is -4.20. The average Bonchev–Trinajstić information content (AvgIpc) is 2.77. The zero-order valence-electron chi connectivity index (χ0n) is 20.0. The van der Waals surface area contributed by atoms with Crippen molar-refractivity contribution in [1.29, 1.82) is 0 Å². The van der Waals surface area contributed by atoms with E-state index < -0.39 is 33.8 Å². The lowest BCUT2D eigenvalue weighted by molar-refractivity contribution is -0.114. The Labute approximate surface area is 205 Å². The molecule has 184 valence electrons. The topological polar surface area (TPSA) is 95.6 Å². The van der Waals surface area contributed by atoms with Gasteiger partial charge in [0, 0.05) is 5.54 Å². The van der Waals surface area contributed by atoms with E-state index in [9.17, 15) is 22.4 Å². The van der Waals surface area contributed by atoms with Gasteiger partial charge in [-0.15, -0.1) is 0 Å². The molecule has 3 aromatic rings. The van der Waals surface area contributed by atoms with Crippen molar-refractivity contribution in [3.05, 3.63) is 89.7 Å². The molecule has 9 heteroatoms. The molecule has 0 unspecified atom stereocenters. The summed E-state index contributed by atoms with van der Waals surface area (Å²) in [5.74, 6) is -1.59. The number of sulfonamides is 1. The molecule has 0 saturated carbocycles. The number of hydrogen-bond acceptors (Lipinski definition) is 4. The Kier molecular flexibility index (Phi) is 7.60. The van der Waals surface area contributed by atoms with Gasteiger partial charge < -0.3 is 10.6 Å². The standard InChI is InChI=1S/C26H28FN3O4S/c1-18-9-13-20(14-10-18)30(35(33,34)21-15-11-19(27)12-16-21)17-24(31)28-23-8-6-5-7-22(23)25(32)29-26(2,3)4/h5-16H,17H2,1-4H3,(H,28,31)(H,29,32). The van der Waals surface area contributed by atoms with Gasteiger partial charge in [-0.25, -0.2) is 12.8 Å². The van der Waals surface area contributed by atoms with E-state index in [1.165, 1.54) is 0 Å². The predicted octanol–water partition coefficient (Wildman–Crippen LogP) is 4.50. The Balaban J connectivity index is 1.92. The van der Waals surface area contributed by atoms with Gasteiger partial charge in [0.05, 0.1) is 21.8 Å². The van der Waals surface area contributed by atoms with Gasteiger partial charge in [0.15, 0.2) is 0 Å². The summed E-state index contributed by atoms with van der Waals surface area (Å²) in [4.78, 5) is 25.6. The van der Waals surface area contributed by atoms with Crippen molar-refractivity contribution in [2.45, 2.75) is 38.1 Å². The number of aryl methyl sites for hydroxylation is 1. The lowest BCUT2D eigenvalue weighted by Crippen LogP contribution is -2.41. The zero-order chi connectivity index (χ0) is 25.8. The number of nitrogens with zero attached hydrogens (tertiary/aromatic N) is 1. The normalized spacial score (nSPS) is 11.6. The summed E-state index contributed by atoms with van der Waals surface area (Å²) in [5, 5.41) is 5.50. The molecule has 0 saturated heterocycles. The van der Waals surface area contributed by atoms with Crippen molar-refractivity contribution in [3.63, 3.8) is 0 Å². The molecule has 3 aromatic carbocycles. The third-order valence-corrected chi connectivity index (χ3v) is 6.73. The number of hydrogen-bond donors (Lipinski definition) is 2. The SMILES string of the molecule is Cc1ccc(N(CC(=O)Nc2ccccc2C(=O)NC(C)(C)C)S(=O)(=O)c2ccc(F)cc2)cc1. The maximum Gasteiger partial charge on any atom is 0.264 e. The lowest BCUT2D eigenvalue weighted by Gasteiger charge is -2.25. The van der Waals surface area contributed by atoms with Gasteiger partial charge in [-0.2, -0.15) is 0 Å². The van der Waals surface area contributed by atoms with Crippen molar-refractivity contribution in [1.82, 2.24) is 5.32 Å². The molecule has 0 radical (unpaired) electrons. The Morgan fingerprint density at radius 1 is 0.914 bits per heavy atom. The molecular formula is C26H28FN3O4S. The van der Waals surface area contributed by atoms with Gasteiger partial charge in [-0.3, -0.25) is 13.9 Å². The highest BCUT2D eigenvalue weighted by Crippen LogP contribution is 2.25. The van der Waals surface area contributed by atoms with Crippen LogP contribution < -0.4 is 14.9 Å². The van der Waals surface area contributed by atoms with Gasteiger partial charge in [0.2, 0.25) is 5.91 Å². The molecule has 0 aliphatic carbocycles. The number of nitrogens with one attached hydrogen (secondary N) is 2. The van der Waals surface area contributed by atoms with Crippen molar-refractivity contribution in [2.75, 3.05) is 16.2 Å². The second kappa shape index (κ2) is 10.3. The first kappa shape index (κ1) is 25.9. The number of rotatable bonds is 7. The highest BCUT2D eigenvalue weighted by Gasteiger charge is 2.28. The fourth-order valence-corrected chi connectivity index (χ4v) is 4.70. The molecule has 2 amide bonds. The second-order valence-corrected chi connectivity index (χ2v) is 11.0. The molecule has 0 heterocycles. The summed E-state index contributed by atoms with van der Waals surface area (Å²) in [7, 11) is -4.20. The molecule has 7 nitrogen and oxygen atoms in total. The van der Waals surface area contributed by atoms with Crippen LogP contribution in [0.2, 0.25) is 0 Å². The maximum atomic E-state index is 13.4. The van der Waals surface area contributed by atoms with E-state index in [4.69, 9.17) is 0 Å². The van der Waals surface area contributed by atoms with Crippen molar-refractivity contribution >= 4 is 33.2 Å². The molecule has 0 fully saturated rings. The van der Waals surface area contributed by atoms with E-state index in [1.807, 2.05) is 27.7 Å². The number of para-hydroxylation sites is 1. The summed E-state index contributed by atoms with van der Waals surface area (Å²) >= 11 is 0. The number of halogens is 1. The monoisotopic (exact) mass is 497 g/mol. The summed E-state index contributed by atoms with van der Waals surface area (Å²) in [6.45, 7) is 6.82. The summed E-state index contributed by atoms with van der Waals surface area (Å²) in [6, 6.07) is 17.5. The Morgan fingerprint density at radius 3 is 2.11 bits per heavy atom. The number of benzene rings is 3. The lowest BCUT2D eigenvalue weighted by atomic mass is 10.1. The predicted molar refractivity (Wildman–Crippen MR) is 134 cm³/mol. The van der Waals surface area contributed by atoms with Gasteiger partial charge >= 0.3 is 0 Å². The third kappa shape index (κ3) is 6.66. The van der Waals surface area contributed by atoms with Gasteiger partial charge in [-0.05, 0) is 76.2 Å². The van der Waals surface area contributed by atoms with Crippen LogP contribution in [-0.2, 0) is 14.8 Å². The second-order valence-electron chi connectivity index (χ2n) is 9.10. The number of carbonyl (C=O) groups excluding carboxylic acids is 2. The number of amides is 2. The van der Waals surface area contributed by atoms with E-state index in [0.29, 0.717) is 0 Å². The molecule has 0 bridgehead atoms. The van der Waals surface area contributed by atoms with E-state index in [2.05, 4.69) is 10.6 Å². The fraction of sp³-hybridized carbons (Fsp3) is 0.231. The average molecular weight is 498 g/mol. The first-order chi connectivity index (χ1) is 16.4. The highest BCUT2D eigenvalue weighted by molar-refractivity contribution is 7.92. The van der Waals surface area contributed by atoms with Crippen LogP contribution in [0.1, 0.15) is 36.7 Å². The molecule has 0 spiro atoms. The van der Waals surface area contributed by atoms with Gasteiger partial charge in [-0.1, -0.05) is 29.8 Å². The van der Waals surface area contributed by atoms with E-state index >= 15 is 0 Å². The molecule has 0 aliphatic rings. The quantitative estimate of drug-likeness (QED) is 0.503. The first-order valence-electron chi connectivity index (χ1n) is 10.9. The highest BCUT2D eigenvalue weighted by atomic mass is 32.2. The molecule has 35 heavy (non-hydrogen) atoms. The van der Waals surface area contributed by atoms with Crippen LogP contribution in [0.25, 0.3) is 0 Å². The van der Waals surface area contributed by atoms with Crippen LogP contribution in [0, 0.1) is 12.7 Å². The Morgan fingerprint density at radius 2 is 1.51 bits per heavy atom. The van der Waals surface area contributed by atoms with Crippen LogP contribution >= 0.6 is 0 Å². The summed E-state index contributed by atoms with van der Waals surface area (Å²) in [6.07, 6.45) is 0. The number of anilines is 2. The molecule has 0 atom stereocenters. The summed E-state index contributed by atoms with van der Waals surface area (Å²) in [5.41, 5.74) is 1.20. The van der Waals surface area contributed by atoms with Crippen molar-refractivity contribution in [2.24, 2.45) is 0 Å². The van der Waals surface area contributed by atoms with Crippen LogP contribution in [-0.4, -0.2) is 32.3 Å². The smallest absolute Gasteiger partial charge is 0.264 e. The van der Waals surface area contributed by atoms with Crippen LogP contribution in [0.3, 0.4) is 0 Å². The van der Waals surface area contributed by atoms with Crippen molar-refractivity contribution < 1.29 is 22.4 Å². The fourth-order valence-electron chi connectivity index (χ4n) is 3.28. The van der Waals surface area contributed by atoms with Gasteiger partial charge in [0.1, 0.15) is 12.4 Å². The largest absolute Gasteiger partial charge is 0.347 e. The van der Waals surface area contributed by atoms with Crippen LogP contribution in [0.5, 0.6) is 0 Å². The molecule has 2 N–H and O–H groups in total. The van der Waals surface area contributed by atoms with E-state index in [1.54, 1.807) is 48.5 Å². The minimum absolute atomic E-state index is 0.155. The van der Waals surface area contributed by atoms with Crippen LogP contribution in [0.4, 0.5) is 15.8 Å². The van der Waals surface area contributed by atoms with E-state index in [0.717, 1.165) is 34.1 Å². The third-order valence-electron chi connectivity index (χ3n) is 4.95. The van der Waals surface area contributed by atoms with Crippen LogP contribution in [0.15, 0.2) is 77.7 Å². The van der Waals surface area contributed by atoms with Gasteiger partial charge in [0.25, 0.3) is 15.9 Å². The van der Waals surface area contributed by atoms with Crippen molar-refractivity contribution in [3.8, 4) is 0 Å². The summed E-state index contributed by atoms with van der Waals surface area (Å²) < 4.78 is 41.2. The molecule has 3 rings (SSSR count). The van der Waals surface area contributed by atoms with E-state index in [-0.39, 0.29) is 27.7 Å².